The van der Waals surface area contributed by atoms with Crippen LogP contribution in [0.2, 0.25) is 0 Å². The Labute approximate surface area is 109 Å². The van der Waals surface area contributed by atoms with Crippen LogP contribution in [0.4, 0.5) is 4.79 Å². The van der Waals surface area contributed by atoms with Gasteiger partial charge in [0, 0.05) is 6.54 Å². The van der Waals surface area contributed by atoms with Crippen molar-refractivity contribution in [2.75, 3.05) is 20.6 Å². The molecule has 0 fully saturated rings. The largest absolute Gasteiger partial charge is 0.444 e. The number of hydrogen-bond donors (Lipinski definition) is 2. The number of hydrogen-bond acceptors (Lipinski definition) is 4. The molecule has 5 heteroatoms. The Balaban J connectivity index is 2.51. The zero-order chi connectivity index (χ0) is 13.8. The van der Waals surface area contributed by atoms with Crippen molar-refractivity contribution in [2.24, 2.45) is 0 Å². The number of ether oxygens (including phenoxy) is 1. The van der Waals surface area contributed by atoms with Crippen LogP contribution >= 0.6 is 0 Å². The fraction of sp³-hybridized carbons (Fsp3) is 0.615. The fourth-order valence-electron chi connectivity index (χ4n) is 1.56. The zero-order valence-electron chi connectivity index (χ0n) is 11.8. The van der Waals surface area contributed by atoms with Gasteiger partial charge in [0.1, 0.15) is 11.8 Å². The molecule has 1 aliphatic heterocycles. The standard InChI is InChI=1S/C13H23N3O2/c1-13(2,3)18-12(17)15-11-8-10(6-7-14-11)9-16(4)5/h6-8,11,14H,9H2,1-5H3,(H,15,17). The van der Waals surface area contributed by atoms with Crippen LogP contribution in [0.25, 0.3) is 0 Å². The third-order valence-electron chi connectivity index (χ3n) is 2.12. The Hall–Kier alpha value is -1.49. The monoisotopic (exact) mass is 253 g/mol. The highest BCUT2D eigenvalue weighted by Crippen LogP contribution is 2.08. The van der Waals surface area contributed by atoms with E-state index >= 15 is 0 Å². The molecular formula is C13H23N3O2. The van der Waals surface area contributed by atoms with Gasteiger partial charge in [-0.15, -0.1) is 0 Å². The summed E-state index contributed by atoms with van der Waals surface area (Å²) in [6, 6.07) is 0. The summed E-state index contributed by atoms with van der Waals surface area (Å²) >= 11 is 0. The molecule has 1 heterocycles. The number of carbonyl (C=O) groups is 1. The second-order valence-corrected chi connectivity index (χ2v) is 5.60. The van der Waals surface area contributed by atoms with Crippen molar-refractivity contribution in [1.82, 2.24) is 15.5 Å². The Morgan fingerprint density at radius 3 is 2.72 bits per heavy atom. The van der Waals surface area contributed by atoms with Crippen molar-refractivity contribution in [1.29, 1.82) is 0 Å². The van der Waals surface area contributed by atoms with Crippen LogP contribution < -0.4 is 10.6 Å². The van der Waals surface area contributed by atoms with E-state index in [0.717, 1.165) is 12.1 Å². The number of dihydropyridines is 1. The number of nitrogens with zero attached hydrogens (tertiary/aromatic N) is 1. The van der Waals surface area contributed by atoms with E-state index in [9.17, 15) is 4.79 Å². The Morgan fingerprint density at radius 2 is 2.17 bits per heavy atom. The third kappa shape index (κ3) is 5.72. The number of nitrogens with one attached hydrogen (secondary N) is 2. The summed E-state index contributed by atoms with van der Waals surface area (Å²) in [6.45, 7) is 6.36. The molecule has 0 saturated heterocycles. The van der Waals surface area contributed by atoms with Crippen LogP contribution in [-0.4, -0.2) is 43.4 Å². The Bertz CT molecular complexity index is 354. The van der Waals surface area contributed by atoms with Gasteiger partial charge in [-0.25, -0.2) is 4.79 Å². The van der Waals surface area contributed by atoms with E-state index in [1.165, 1.54) is 0 Å². The van der Waals surface area contributed by atoms with Gasteiger partial charge in [-0.3, -0.25) is 5.32 Å². The molecule has 1 amide bonds. The van der Waals surface area contributed by atoms with E-state index in [-0.39, 0.29) is 6.17 Å². The quantitative estimate of drug-likeness (QED) is 0.799. The van der Waals surface area contributed by atoms with Gasteiger partial charge < -0.3 is 15.0 Å². The van der Waals surface area contributed by atoms with Crippen molar-refractivity contribution in [3.05, 3.63) is 23.9 Å². The predicted molar refractivity (Wildman–Crippen MR) is 72.1 cm³/mol. The van der Waals surface area contributed by atoms with Crippen molar-refractivity contribution in [2.45, 2.75) is 32.5 Å². The summed E-state index contributed by atoms with van der Waals surface area (Å²) in [6.07, 6.45) is 5.16. The molecule has 18 heavy (non-hydrogen) atoms. The second kappa shape index (κ2) is 5.91. The predicted octanol–water partition coefficient (Wildman–Crippen LogP) is 1.44. The maximum absolute atomic E-state index is 11.6. The highest BCUT2D eigenvalue weighted by atomic mass is 16.6. The number of alkyl carbamates (subject to hydrolysis) is 1. The van der Waals surface area contributed by atoms with Crippen molar-refractivity contribution < 1.29 is 9.53 Å². The normalized spacial score (nSPS) is 19.2. The van der Waals surface area contributed by atoms with Crippen LogP contribution in [-0.2, 0) is 4.74 Å². The molecule has 0 aromatic heterocycles. The number of carbonyl (C=O) groups excluding carboxylic acids is 1. The van der Waals surface area contributed by atoms with Gasteiger partial charge in [-0.2, -0.15) is 0 Å². The minimum atomic E-state index is -0.481. The molecule has 1 aliphatic rings. The van der Waals surface area contributed by atoms with E-state index in [4.69, 9.17) is 4.74 Å². The van der Waals surface area contributed by atoms with E-state index in [2.05, 4.69) is 15.5 Å². The lowest BCUT2D eigenvalue weighted by molar-refractivity contribution is 0.0510. The average Bonchev–Trinajstić information content (AvgIpc) is 2.13. The van der Waals surface area contributed by atoms with Crippen molar-refractivity contribution in [3.63, 3.8) is 0 Å². The molecule has 0 radical (unpaired) electrons. The number of likely N-dealkylation sites (N-methyl/N-ethyl adjacent to an activating group) is 1. The molecule has 0 bridgehead atoms. The Morgan fingerprint density at radius 1 is 1.50 bits per heavy atom. The van der Waals surface area contributed by atoms with Gasteiger partial charge in [0.25, 0.3) is 0 Å². The summed E-state index contributed by atoms with van der Waals surface area (Å²) in [4.78, 5) is 13.7. The molecular weight excluding hydrogens is 230 g/mol. The fourth-order valence-corrected chi connectivity index (χ4v) is 1.56. The first-order valence-corrected chi connectivity index (χ1v) is 6.04. The van der Waals surface area contributed by atoms with Crippen molar-refractivity contribution in [3.8, 4) is 0 Å². The van der Waals surface area contributed by atoms with Gasteiger partial charge in [-0.1, -0.05) is 0 Å². The first-order valence-electron chi connectivity index (χ1n) is 6.04. The van der Waals surface area contributed by atoms with E-state index in [0.29, 0.717) is 0 Å². The van der Waals surface area contributed by atoms with Crippen LogP contribution in [0.5, 0.6) is 0 Å². The topological polar surface area (TPSA) is 53.6 Å². The summed E-state index contributed by atoms with van der Waals surface area (Å²) in [5, 5.41) is 5.81. The lowest BCUT2D eigenvalue weighted by Crippen LogP contribution is -2.45. The van der Waals surface area contributed by atoms with Gasteiger partial charge in [0.15, 0.2) is 0 Å². The molecule has 0 spiro atoms. The van der Waals surface area contributed by atoms with Crippen molar-refractivity contribution >= 4 is 6.09 Å². The van der Waals surface area contributed by atoms with Gasteiger partial charge in [0.05, 0.1) is 0 Å². The summed E-state index contributed by atoms with van der Waals surface area (Å²) < 4.78 is 5.20. The first-order chi connectivity index (χ1) is 8.26. The first kappa shape index (κ1) is 14.6. The van der Waals surface area contributed by atoms with E-state index < -0.39 is 11.7 Å². The lowest BCUT2D eigenvalue weighted by Gasteiger charge is -2.24. The van der Waals surface area contributed by atoms with Gasteiger partial charge >= 0.3 is 6.09 Å². The second-order valence-electron chi connectivity index (χ2n) is 5.60. The maximum Gasteiger partial charge on any atom is 0.409 e. The summed E-state index contributed by atoms with van der Waals surface area (Å²) in [5.74, 6) is 0. The molecule has 1 rings (SSSR count). The Kier molecular flexibility index (Phi) is 4.78. The molecule has 0 saturated carbocycles. The number of amides is 1. The van der Waals surface area contributed by atoms with Crippen LogP contribution in [0.3, 0.4) is 0 Å². The smallest absolute Gasteiger partial charge is 0.409 e. The minimum absolute atomic E-state index is 0.222. The molecule has 2 N–H and O–H groups in total. The van der Waals surface area contributed by atoms with Crippen LogP contribution in [0, 0.1) is 0 Å². The van der Waals surface area contributed by atoms with Gasteiger partial charge in [0.2, 0.25) is 0 Å². The molecule has 0 aliphatic carbocycles. The molecule has 0 aromatic carbocycles. The van der Waals surface area contributed by atoms with Gasteiger partial charge in [-0.05, 0) is 58.8 Å². The van der Waals surface area contributed by atoms with E-state index in [1.807, 2.05) is 53.2 Å². The summed E-state index contributed by atoms with van der Waals surface area (Å²) in [5.41, 5.74) is 0.671. The average molecular weight is 253 g/mol. The van der Waals surface area contributed by atoms with Crippen LogP contribution in [0.1, 0.15) is 20.8 Å². The number of rotatable bonds is 3. The van der Waals surface area contributed by atoms with Crippen LogP contribution in [0.15, 0.2) is 23.9 Å². The molecule has 1 atom stereocenters. The maximum atomic E-state index is 11.6. The third-order valence-corrected chi connectivity index (χ3v) is 2.12. The zero-order valence-corrected chi connectivity index (χ0v) is 11.8. The minimum Gasteiger partial charge on any atom is -0.444 e. The lowest BCUT2D eigenvalue weighted by atomic mass is 10.1. The molecule has 5 nitrogen and oxygen atoms in total. The van der Waals surface area contributed by atoms with E-state index in [1.54, 1.807) is 0 Å². The highest BCUT2D eigenvalue weighted by molar-refractivity contribution is 5.68. The SMILES string of the molecule is CN(C)CC1=CC(NC(=O)OC(C)(C)C)NC=C1. The molecule has 102 valence electrons. The highest BCUT2D eigenvalue weighted by Gasteiger charge is 2.19. The molecule has 0 aromatic rings. The molecule has 1 unspecified atom stereocenters. The summed E-state index contributed by atoms with van der Waals surface area (Å²) in [7, 11) is 4.01.